The zero-order chi connectivity index (χ0) is 16.4. The Bertz CT molecular complexity index is 871. The molecule has 0 spiro atoms. The van der Waals surface area contributed by atoms with Crippen LogP contribution < -0.4 is 0 Å². The highest BCUT2D eigenvalue weighted by Gasteiger charge is 2.22. The Labute approximate surface area is 142 Å². The summed E-state index contributed by atoms with van der Waals surface area (Å²) in [6, 6.07) is 11.8. The number of hydrogen-bond acceptors (Lipinski definition) is 6. The number of hydrogen-bond donors (Lipinski definition) is 0. The molecule has 0 fully saturated rings. The predicted octanol–water partition coefficient (Wildman–Crippen LogP) is 2.04. The van der Waals surface area contributed by atoms with Crippen LogP contribution in [0, 0.1) is 0 Å². The van der Waals surface area contributed by atoms with Crippen molar-refractivity contribution in [3.8, 4) is 11.4 Å². The Balaban J connectivity index is 1.45. The molecule has 1 aliphatic rings. The van der Waals surface area contributed by atoms with Crippen molar-refractivity contribution >= 4 is 23.0 Å². The summed E-state index contributed by atoms with van der Waals surface area (Å²) in [5.74, 6) is 0.383. The standard InChI is InChI=1S/C16H14N6OS/c23-15(10-22-19-16(17-20-22)13-7-9-24-11-13)21-8-6-14(18-21)12-4-2-1-3-5-12/h1-5,7,9,11H,6,8,10H2. The van der Waals surface area contributed by atoms with Gasteiger partial charge in [0.15, 0.2) is 0 Å². The molecule has 2 aromatic heterocycles. The minimum atomic E-state index is -0.143. The molecule has 0 radical (unpaired) electrons. The lowest BCUT2D eigenvalue weighted by atomic mass is 10.1. The van der Waals surface area contributed by atoms with Gasteiger partial charge in [0.25, 0.3) is 5.91 Å². The second kappa shape index (κ2) is 6.32. The van der Waals surface area contributed by atoms with Gasteiger partial charge in [-0.3, -0.25) is 4.79 Å². The normalized spacial score (nSPS) is 14.0. The van der Waals surface area contributed by atoms with Crippen LogP contribution >= 0.6 is 11.3 Å². The molecule has 0 saturated heterocycles. The molecule has 0 unspecified atom stereocenters. The molecule has 3 heterocycles. The van der Waals surface area contributed by atoms with Crippen molar-refractivity contribution in [1.29, 1.82) is 0 Å². The summed E-state index contributed by atoms with van der Waals surface area (Å²) in [5, 5.41) is 22.0. The number of thiophene rings is 1. The number of rotatable bonds is 4. The van der Waals surface area contributed by atoms with E-state index in [0.717, 1.165) is 23.3 Å². The molecular weight excluding hydrogens is 324 g/mol. The van der Waals surface area contributed by atoms with Gasteiger partial charge >= 0.3 is 0 Å². The maximum atomic E-state index is 12.4. The number of tetrazole rings is 1. The van der Waals surface area contributed by atoms with Gasteiger partial charge in [0.1, 0.15) is 6.54 Å². The first-order valence-corrected chi connectivity index (χ1v) is 8.47. The van der Waals surface area contributed by atoms with Crippen molar-refractivity contribution in [3.05, 3.63) is 52.7 Å². The van der Waals surface area contributed by atoms with Crippen LogP contribution in [0.3, 0.4) is 0 Å². The number of benzene rings is 1. The van der Waals surface area contributed by atoms with Crippen molar-refractivity contribution < 1.29 is 4.79 Å². The van der Waals surface area contributed by atoms with E-state index >= 15 is 0 Å². The van der Waals surface area contributed by atoms with Gasteiger partial charge in [-0.2, -0.15) is 21.2 Å². The van der Waals surface area contributed by atoms with Crippen LogP contribution in [0.25, 0.3) is 11.4 Å². The lowest BCUT2D eigenvalue weighted by Gasteiger charge is -2.09. The molecule has 24 heavy (non-hydrogen) atoms. The second-order valence-electron chi connectivity index (χ2n) is 5.34. The van der Waals surface area contributed by atoms with E-state index in [2.05, 4.69) is 20.5 Å². The first-order valence-electron chi connectivity index (χ1n) is 7.53. The van der Waals surface area contributed by atoms with Crippen LogP contribution in [0.2, 0.25) is 0 Å². The number of hydrazone groups is 1. The molecule has 3 aromatic rings. The minimum absolute atomic E-state index is 0.0305. The minimum Gasteiger partial charge on any atom is -0.271 e. The van der Waals surface area contributed by atoms with E-state index in [1.54, 1.807) is 11.3 Å². The molecule has 7 nitrogen and oxygen atoms in total. The number of aromatic nitrogens is 4. The Hall–Kier alpha value is -2.87. The van der Waals surface area contributed by atoms with Gasteiger partial charge in [-0.15, -0.1) is 10.2 Å². The van der Waals surface area contributed by atoms with Crippen LogP contribution in [-0.4, -0.2) is 43.4 Å². The summed E-state index contributed by atoms with van der Waals surface area (Å²) in [5.41, 5.74) is 2.88. The van der Waals surface area contributed by atoms with E-state index in [9.17, 15) is 4.79 Å². The fourth-order valence-electron chi connectivity index (χ4n) is 2.49. The molecule has 0 bridgehead atoms. The fraction of sp³-hybridized carbons (Fsp3) is 0.188. The molecule has 1 aliphatic heterocycles. The molecule has 8 heteroatoms. The average molecular weight is 338 g/mol. The summed E-state index contributed by atoms with van der Waals surface area (Å²) >= 11 is 1.57. The van der Waals surface area contributed by atoms with E-state index in [0.29, 0.717) is 12.4 Å². The van der Waals surface area contributed by atoms with Crippen molar-refractivity contribution in [3.63, 3.8) is 0 Å². The van der Waals surface area contributed by atoms with Crippen LogP contribution in [0.4, 0.5) is 0 Å². The highest BCUT2D eigenvalue weighted by atomic mass is 32.1. The quantitative estimate of drug-likeness (QED) is 0.729. The van der Waals surface area contributed by atoms with Crippen LogP contribution in [0.15, 0.2) is 52.3 Å². The van der Waals surface area contributed by atoms with E-state index in [4.69, 9.17) is 0 Å². The Morgan fingerprint density at radius 3 is 2.83 bits per heavy atom. The number of carbonyl (C=O) groups excluding carboxylic acids is 1. The molecule has 1 amide bonds. The summed E-state index contributed by atoms with van der Waals surface area (Å²) in [6.45, 7) is 0.609. The number of amides is 1. The Kier molecular flexibility index (Phi) is 3.87. The third-order valence-corrected chi connectivity index (χ3v) is 4.39. The summed E-state index contributed by atoms with van der Waals surface area (Å²) < 4.78 is 0. The number of nitrogens with zero attached hydrogens (tertiary/aromatic N) is 6. The molecule has 0 atom stereocenters. The smallest absolute Gasteiger partial charge is 0.266 e. The SMILES string of the molecule is O=C(Cn1nnc(-c2ccsc2)n1)N1CCC(c2ccccc2)=N1. The van der Waals surface area contributed by atoms with E-state index in [1.165, 1.54) is 9.81 Å². The van der Waals surface area contributed by atoms with Crippen molar-refractivity contribution in [1.82, 2.24) is 25.2 Å². The molecule has 120 valence electrons. The monoisotopic (exact) mass is 338 g/mol. The molecular formula is C16H14N6OS. The lowest BCUT2D eigenvalue weighted by molar-refractivity contribution is -0.131. The second-order valence-corrected chi connectivity index (χ2v) is 6.12. The molecule has 0 aliphatic carbocycles. The Morgan fingerprint density at radius 1 is 1.17 bits per heavy atom. The zero-order valence-electron chi connectivity index (χ0n) is 12.7. The average Bonchev–Trinajstić information content (AvgIpc) is 3.36. The van der Waals surface area contributed by atoms with Gasteiger partial charge in [0.05, 0.1) is 12.3 Å². The molecule has 0 saturated carbocycles. The first-order chi connectivity index (χ1) is 11.8. The highest BCUT2D eigenvalue weighted by Crippen LogP contribution is 2.17. The van der Waals surface area contributed by atoms with Crippen molar-refractivity contribution in [2.24, 2.45) is 5.10 Å². The molecule has 0 N–H and O–H groups in total. The maximum Gasteiger partial charge on any atom is 0.266 e. The highest BCUT2D eigenvalue weighted by molar-refractivity contribution is 7.08. The predicted molar refractivity (Wildman–Crippen MR) is 90.4 cm³/mol. The molecule has 4 rings (SSSR count). The van der Waals surface area contributed by atoms with E-state index in [1.807, 2.05) is 47.2 Å². The number of carbonyl (C=O) groups is 1. The summed E-state index contributed by atoms with van der Waals surface area (Å²) in [6.07, 6.45) is 0.751. The van der Waals surface area contributed by atoms with Gasteiger partial charge in [0, 0.05) is 17.4 Å². The van der Waals surface area contributed by atoms with Crippen molar-refractivity contribution in [2.75, 3.05) is 6.54 Å². The van der Waals surface area contributed by atoms with Crippen LogP contribution in [0.1, 0.15) is 12.0 Å². The van der Waals surface area contributed by atoms with Gasteiger partial charge in [-0.05, 0) is 22.2 Å². The molecule has 1 aromatic carbocycles. The summed E-state index contributed by atoms with van der Waals surface area (Å²) in [4.78, 5) is 13.7. The summed E-state index contributed by atoms with van der Waals surface area (Å²) in [7, 11) is 0. The Morgan fingerprint density at radius 2 is 2.04 bits per heavy atom. The third kappa shape index (κ3) is 2.95. The van der Waals surface area contributed by atoms with E-state index < -0.39 is 0 Å². The van der Waals surface area contributed by atoms with Gasteiger partial charge < -0.3 is 0 Å². The van der Waals surface area contributed by atoms with Gasteiger partial charge in [-0.25, -0.2) is 5.01 Å². The van der Waals surface area contributed by atoms with Crippen LogP contribution in [-0.2, 0) is 11.3 Å². The van der Waals surface area contributed by atoms with Gasteiger partial charge in [0.2, 0.25) is 5.82 Å². The third-order valence-electron chi connectivity index (χ3n) is 3.71. The first kappa shape index (κ1) is 14.7. The zero-order valence-corrected chi connectivity index (χ0v) is 13.6. The topological polar surface area (TPSA) is 76.3 Å². The van der Waals surface area contributed by atoms with Gasteiger partial charge in [-0.1, -0.05) is 30.3 Å². The van der Waals surface area contributed by atoms with E-state index in [-0.39, 0.29) is 12.5 Å². The maximum absolute atomic E-state index is 12.4. The fourth-order valence-corrected chi connectivity index (χ4v) is 3.12. The lowest BCUT2D eigenvalue weighted by Crippen LogP contribution is -2.28. The largest absolute Gasteiger partial charge is 0.271 e. The van der Waals surface area contributed by atoms with Crippen LogP contribution in [0.5, 0.6) is 0 Å². The van der Waals surface area contributed by atoms with Crippen molar-refractivity contribution in [2.45, 2.75) is 13.0 Å².